The quantitative estimate of drug-likeness (QED) is 0.315. The molecule has 0 saturated carbocycles. The minimum absolute atomic E-state index is 0. The maximum absolute atomic E-state index is 2.39. The van der Waals surface area contributed by atoms with E-state index in [1.807, 2.05) is 0 Å². The molecule has 0 spiro atoms. The molecule has 0 aliphatic rings. The summed E-state index contributed by atoms with van der Waals surface area (Å²) in [5.74, 6) is 0. The van der Waals surface area contributed by atoms with Crippen LogP contribution in [-0.2, 0) is 11.2 Å². The summed E-state index contributed by atoms with van der Waals surface area (Å²) in [7, 11) is 0. The van der Waals surface area contributed by atoms with Crippen LogP contribution in [0, 0.1) is 44.6 Å². The first-order valence-corrected chi connectivity index (χ1v) is 13.1. The van der Waals surface area contributed by atoms with Crippen LogP contribution in [0.3, 0.4) is 0 Å². The molecule has 0 atom stereocenters. The van der Waals surface area contributed by atoms with E-state index in [1.165, 1.54) is 0 Å². The number of hydrogen-bond donors (Lipinski definition) is 0. The van der Waals surface area contributed by atoms with E-state index in [0.29, 0.717) is 11.2 Å². The molecule has 0 saturated heterocycles. The van der Waals surface area contributed by atoms with Crippen molar-refractivity contribution in [2.75, 3.05) is 0 Å². The molecular weight excluding hydrogens is 521 g/mol. The molecule has 0 bridgehead atoms. The standard InChI is InChI=1S/6CH3.2HI.Pt/h6*1H3;2*1H;/q6*-1;;;+2/p-2. The molecule has 0 aromatic heterocycles. The molecule has 0 aromatic rings. The van der Waals surface area contributed by atoms with Crippen LogP contribution in [0.1, 0.15) is 0 Å². The van der Waals surface area contributed by atoms with Gasteiger partial charge in [-0.3, -0.25) is 0 Å². The van der Waals surface area contributed by atoms with Crippen molar-refractivity contribution in [3.8, 4) is 0 Å². The normalized spacial score (nSPS) is 2.44. The molecular formula is C6H18I2Pt-6. The van der Waals surface area contributed by atoms with Crippen LogP contribution < -0.4 is 0 Å². The Bertz CT molecular complexity index is 11.0. The Labute approximate surface area is 93.2 Å². The van der Waals surface area contributed by atoms with Crippen molar-refractivity contribution in [3.05, 3.63) is 44.6 Å². The molecule has 72 valence electrons. The van der Waals surface area contributed by atoms with Gasteiger partial charge in [0.1, 0.15) is 0 Å². The third-order valence-electron chi connectivity index (χ3n) is 0. The summed E-state index contributed by atoms with van der Waals surface area (Å²) in [6, 6.07) is 0. The first-order chi connectivity index (χ1) is 1.41. The average molecular weight is 539 g/mol. The predicted octanol–water partition coefficient (Wildman–Crippen LogP) is 4.47. The van der Waals surface area contributed by atoms with Crippen LogP contribution in [0.5, 0.6) is 0 Å². The number of halogens is 2. The van der Waals surface area contributed by atoms with Gasteiger partial charge in [-0.2, -0.15) is 0 Å². The van der Waals surface area contributed by atoms with Crippen molar-refractivity contribution in [1.29, 1.82) is 0 Å². The van der Waals surface area contributed by atoms with E-state index in [1.54, 1.807) is 0 Å². The fourth-order valence-electron chi connectivity index (χ4n) is 0. The van der Waals surface area contributed by atoms with Crippen molar-refractivity contribution < 1.29 is 11.2 Å². The summed E-state index contributed by atoms with van der Waals surface area (Å²) >= 11 is 5.30. The van der Waals surface area contributed by atoms with Gasteiger partial charge in [-0.1, -0.05) is 0 Å². The topological polar surface area (TPSA) is 0 Å². The SMILES string of the molecule is [CH3-].[CH3-].[CH3-].[CH3-].[CH3-].[CH3-].[I][Pt][I]. The predicted molar refractivity (Wildman–Crippen MR) is 66.5 cm³/mol. The van der Waals surface area contributed by atoms with Gasteiger partial charge < -0.3 is 44.6 Å². The Balaban J connectivity index is -0.00000000133. The Morgan fingerprint density at radius 1 is 0.556 bits per heavy atom. The Hall–Kier alpha value is 2.15. The molecule has 3 heteroatoms. The summed E-state index contributed by atoms with van der Waals surface area (Å²) in [4.78, 5) is 0. The first kappa shape index (κ1) is 66.7. The molecule has 0 aliphatic carbocycles. The van der Waals surface area contributed by atoms with Gasteiger partial charge in [-0.05, 0) is 0 Å². The molecule has 9 heavy (non-hydrogen) atoms. The number of hydrogen-bond acceptors (Lipinski definition) is 0. The molecule has 0 fully saturated rings. The third-order valence-corrected chi connectivity index (χ3v) is 0. The monoisotopic (exact) mass is 539 g/mol. The molecule has 0 N–H and O–H groups in total. The van der Waals surface area contributed by atoms with E-state index in [0.717, 1.165) is 0 Å². The Kier molecular flexibility index (Phi) is 635. The van der Waals surface area contributed by atoms with Crippen LogP contribution >= 0.6 is 38.7 Å². The zero-order valence-corrected chi connectivity index (χ0v) is 13.7. The van der Waals surface area contributed by atoms with Gasteiger partial charge in [0.25, 0.3) is 0 Å². The van der Waals surface area contributed by atoms with Crippen molar-refractivity contribution in [2.24, 2.45) is 0 Å². The van der Waals surface area contributed by atoms with Gasteiger partial charge in [-0.25, -0.2) is 0 Å². The number of rotatable bonds is 0. The molecule has 0 unspecified atom stereocenters. The van der Waals surface area contributed by atoms with E-state index in [2.05, 4.69) is 38.7 Å². The van der Waals surface area contributed by atoms with Gasteiger partial charge in [0, 0.05) is 0 Å². The second kappa shape index (κ2) is 85.7. The fourth-order valence-corrected chi connectivity index (χ4v) is 0. The summed E-state index contributed by atoms with van der Waals surface area (Å²) in [5, 5.41) is 0. The van der Waals surface area contributed by atoms with Gasteiger partial charge in [0.15, 0.2) is 0 Å². The average Bonchev–Trinajstić information content (AvgIpc) is 0.918. The van der Waals surface area contributed by atoms with Crippen LogP contribution in [-0.4, -0.2) is 0 Å². The van der Waals surface area contributed by atoms with E-state index in [4.69, 9.17) is 0 Å². The van der Waals surface area contributed by atoms with Crippen molar-refractivity contribution >= 4 is 38.7 Å². The molecule has 0 aromatic carbocycles. The van der Waals surface area contributed by atoms with Gasteiger partial charge in [-0.15, -0.1) is 0 Å². The zero-order valence-electron chi connectivity index (χ0n) is 7.07. The van der Waals surface area contributed by atoms with Crippen LogP contribution in [0.25, 0.3) is 0 Å². The summed E-state index contributed by atoms with van der Waals surface area (Å²) < 4.78 is 0. The fraction of sp³-hybridized carbons (Fsp3) is 0. The van der Waals surface area contributed by atoms with Crippen molar-refractivity contribution in [1.82, 2.24) is 0 Å². The third kappa shape index (κ3) is 146. The summed E-state index contributed by atoms with van der Waals surface area (Å²) in [6.45, 7) is 0. The molecule has 0 nitrogen and oxygen atoms in total. The Morgan fingerprint density at radius 2 is 0.556 bits per heavy atom. The van der Waals surface area contributed by atoms with Crippen molar-refractivity contribution in [2.45, 2.75) is 0 Å². The summed E-state index contributed by atoms with van der Waals surface area (Å²) in [5.41, 5.74) is 0. The van der Waals surface area contributed by atoms with Crippen LogP contribution in [0.2, 0.25) is 0 Å². The molecule has 0 aliphatic heterocycles. The van der Waals surface area contributed by atoms with Crippen LogP contribution in [0.15, 0.2) is 0 Å². The summed E-state index contributed by atoms with van der Waals surface area (Å²) in [6.07, 6.45) is 0. The van der Waals surface area contributed by atoms with Gasteiger partial charge in [0.05, 0.1) is 0 Å². The van der Waals surface area contributed by atoms with E-state index in [9.17, 15) is 0 Å². The van der Waals surface area contributed by atoms with Gasteiger partial charge in [0.2, 0.25) is 0 Å². The maximum atomic E-state index is 2.39. The first-order valence-electron chi connectivity index (χ1n) is 0.239. The zero-order chi connectivity index (χ0) is 2.71. The minimum atomic E-state index is 0. The Morgan fingerprint density at radius 3 is 0.556 bits per heavy atom. The van der Waals surface area contributed by atoms with Crippen molar-refractivity contribution in [3.63, 3.8) is 0 Å². The molecule has 0 radical (unpaired) electrons. The second-order valence-corrected chi connectivity index (χ2v) is 16.6. The molecule has 0 amide bonds. The molecule has 0 rings (SSSR count). The van der Waals surface area contributed by atoms with Crippen LogP contribution in [0.4, 0.5) is 0 Å². The second-order valence-electron chi connectivity index (χ2n) is 0.0452. The van der Waals surface area contributed by atoms with E-state index < -0.39 is 0 Å². The van der Waals surface area contributed by atoms with E-state index >= 15 is 0 Å². The van der Waals surface area contributed by atoms with E-state index in [-0.39, 0.29) is 44.6 Å². The molecule has 0 heterocycles. The van der Waals surface area contributed by atoms with Gasteiger partial charge >= 0.3 is 49.9 Å².